The van der Waals surface area contributed by atoms with Crippen LogP contribution in [-0.4, -0.2) is 14.8 Å². The first-order chi connectivity index (χ1) is 13.2. The van der Waals surface area contributed by atoms with Gasteiger partial charge < -0.3 is 4.74 Å². The minimum Gasteiger partial charge on any atom is -0.473 e. The molecule has 0 spiro atoms. The smallest absolute Gasteiger partial charge is 0.417 e. The van der Waals surface area contributed by atoms with Gasteiger partial charge in [-0.15, -0.1) is 0 Å². The van der Waals surface area contributed by atoms with Crippen molar-refractivity contribution >= 4 is 11.6 Å². The Labute approximate surface area is 164 Å². The summed E-state index contributed by atoms with van der Waals surface area (Å²) in [5.74, 6) is 0.0842. The molecule has 0 atom stereocenters. The van der Waals surface area contributed by atoms with Gasteiger partial charge in [0.25, 0.3) is 0 Å². The Morgan fingerprint density at radius 1 is 1.21 bits per heavy atom. The molecular weight excluding hydrogens is 393 g/mol. The molecule has 144 valence electrons. The van der Waals surface area contributed by atoms with Gasteiger partial charge in [-0.1, -0.05) is 11.6 Å². The van der Waals surface area contributed by atoms with Crippen LogP contribution in [0.4, 0.5) is 13.2 Å². The fraction of sp³-hybridized carbons (Fsp3) is 0.211. The molecule has 0 amide bonds. The summed E-state index contributed by atoms with van der Waals surface area (Å²) in [7, 11) is 0. The molecule has 0 bridgehead atoms. The molecule has 0 fully saturated rings. The Kier molecular flexibility index (Phi) is 5.29. The summed E-state index contributed by atoms with van der Waals surface area (Å²) in [4.78, 5) is 3.70. The first-order valence-electron chi connectivity index (χ1n) is 8.12. The SMILES string of the molecule is Cc1nn(-c2ccc(C#N)c(Cl)c2)c(C)c1COc1ccc(C(F)(F)F)cn1. The standard InChI is InChI=1S/C19H14ClF3N4O/c1-11-16(10-28-18-6-4-14(9-25-18)19(21,22)23)12(2)27(26-11)15-5-3-13(8-24)17(20)7-15/h3-7,9H,10H2,1-2H3. The Hall–Kier alpha value is -3.05. The van der Waals surface area contributed by atoms with Crippen LogP contribution < -0.4 is 4.74 Å². The number of pyridine rings is 1. The first kappa shape index (κ1) is 19.7. The number of alkyl halides is 3. The Bertz CT molecular complexity index is 1050. The van der Waals surface area contributed by atoms with Crippen LogP contribution >= 0.6 is 11.6 Å². The van der Waals surface area contributed by atoms with Crippen molar-refractivity contribution in [2.75, 3.05) is 0 Å². The first-order valence-corrected chi connectivity index (χ1v) is 8.49. The van der Waals surface area contributed by atoms with Crippen LogP contribution in [0, 0.1) is 25.2 Å². The van der Waals surface area contributed by atoms with E-state index in [9.17, 15) is 13.2 Å². The van der Waals surface area contributed by atoms with E-state index in [1.165, 1.54) is 6.07 Å². The number of aryl methyl sites for hydroxylation is 1. The molecule has 2 aromatic heterocycles. The Morgan fingerprint density at radius 3 is 2.54 bits per heavy atom. The third-order valence-electron chi connectivity index (χ3n) is 4.19. The molecule has 2 heterocycles. The summed E-state index contributed by atoms with van der Waals surface area (Å²) in [5.41, 5.74) is 2.47. The van der Waals surface area contributed by atoms with E-state index < -0.39 is 11.7 Å². The van der Waals surface area contributed by atoms with E-state index in [2.05, 4.69) is 10.1 Å². The summed E-state index contributed by atoms with van der Waals surface area (Å²) in [6.07, 6.45) is -3.71. The highest BCUT2D eigenvalue weighted by Gasteiger charge is 2.30. The average molecular weight is 407 g/mol. The molecule has 0 unspecified atom stereocenters. The predicted molar refractivity (Wildman–Crippen MR) is 96.3 cm³/mol. The van der Waals surface area contributed by atoms with Gasteiger partial charge in [0.1, 0.15) is 12.7 Å². The van der Waals surface area contributed by atoms with Crippen molar-refractivity contribution in [1.82, 2.24) is 14.8 Å². The second-order valence-electron chi connectivity index (χ2n) is 6.01. The number of nitrogens with zero attached hydrogens (tertiary/aromatic N) is 4. The molecule has 3 aromatic rings. The van der Waals surface area contributed by atoms with Crippen LogP contribution in [0.25, 0.3) is 5.69 Å². The van der Waals surface area contributed by atoms with Gasteiger partial charge in [-0.3, -0.25) is 0 Å². The van der Waals surface area contributed by atoms with Crippen molar-refractivity contribution in [3.8, 4) is 17.6 Å². The van der Waals surface area contributed by atoms with E-state index >= 15 is 0 Å². The number of nitriles is 1. The number of benzene rings is 1. The van der Waals surface area contributed by atoms with Gasteiger partial charge in [0.05, 0.1) is 27.5 Å². The zero-order valence-corrected chi connectivity index (χ0v) is 15.6. The topological polar surface area (TPSA) is 63.7 Å². The van der Waals surface area contributed by atoms with Gasteiger partial charge in [0, 0.05) is 23.5 Å². The van der Waals surface area contributed by atoms with E-state index in [0.717, 1.165) is 23.5 Å². The lowest BCUT2D eigenvalue weighted by Crippen LogP contribution is -2.06. The molecule has 1 aromatic carbocycles. The van der Waals surface area contributed by atoms with Crippen LogP contribution in [0.5, 0.6) is 5.88 Å². The minimum absolute atomic E-state index is 0.0842. The van der Waals surface area contributed by atoms with E-state index in [-0.39, 0.29) is 12.5 Å². The number of aromatic nitrogens is 3. The van der Waals surface area contributed by atoms with E-state index in [1.807, 2.05) is 13.0 Å². The van der Waals surface area contributed by atoms with Gasteiger partial charge in [-0.05, 0) is 38.1 Å². The molecule has 0 aliphatic rings. The molecule has 0 N–H and O–H groups in total. The maximum atomic E-state index is 12.6. The van der Waals surface area contributed by atoms with Crippen LogP contribution in [0.3, 0.4) is 0 Å². The van der Waals surface area contributed by atoms with Crippen LogP contribution in [0.15, 0.2) is 36.5 Å². The van der Waals surface area contributed by atoms with Crippen LogP contribution in [0.1, 0.15) is 28.1 Å². The predicted octanol–water partition coefficient (Wildman–Crippen LogP) is 5.01. The summed E-state index contributed by atoms with van der Waals surface area (Å²) in [6, 6.07) is 9.07. The third-order valence-corrected chi connectivity index (χ3v) is 4.50. The zero-order chi connectivity index (χ0) is 20.5. The fourth-order valence-corrected chi connectivity index (χ4v) is 2.86. The second kappa shape index (κ2) is 7.52. The van der Waals surface area contributed by atoms with Crippen molar-refractivity contribution in [1.29, 1.82) is 5.26 Å². The van der Waals surface area contributed by atoms with Crippen molar-refractivity contribution in [2.24, 2.45) is 0 Å². The van der Waals surface area contributed by atoms with E-state index in [0.29, 0.717) is 22.0 Å². The molecule has 0 radical (unpaired) electrons. The molecular formula is C19H14ClF3N4O. The largest absolute Gasteiger partial charge is 0.473 e. The Balaban J connectivity index is 1.81. The summed E-state index contributed by atoms with van der Waals surface area (Å²) >= 11 is 6.09. The quantitative estimate of drug-likeness (QED) is 0.611. The van der Waals surface area contributed by atoms with Crippen molar-refractivity contribution in [3.05, 3.63) is 69.6 Å². The number of hydrogen-bond acceptors (Lipinski definition) is 4. The molecule has 0 saturated heterocycles. The maximum absolute atomic E-state index is 12.6. The Morgan fingerprint density at radius 2 is 1.96 bits per heavy atom. The minimum atomic E-state index is -4.44. The maximum Gasteiger partial charge on any atom is 0.417 e. The van der Waals surface area contributed by atoms with Crippen LogP contribution in [-0.2, 0) is 12.8 Å². The molecule has 3 rings (SSSR count). The van der Waals surface area contributed by atoms with Gasteiger partial charge in [-0.2, -0.15) is 23.5 Å². The molecule has 9 heteroatoms. The fourth-order valence-electron chi connectivity index (χ4n) is 2.64. The van der Waals surface area contributed by atoms with Crippen LogP contribution in [0.2, 0.25) is 5.02 Å². The highest BCUT2D eigenvalue weighted by atomic mass is 35.5. The number of ether oxygens (including phenoxy) is 1. The highest BCUT2D eigenvalue weighted by molar-refractivity contribution is 6.31. The van der Waals surface area contributed by atoms with Gasteiger partial charge in [0.2, 0.25) is 5.88 Å². The zero-order valence-electron chi connectivity index (χ0n) is 14.9. The van der Waals surface area contributed by atoms with Gasteiger partial charge in [-0.25, -0.2) is 9.67 Å². The molecule has 28 heavy (non-hydrogen) atoms. The number of rotatable bonds is 4. The summed E-state index contributed by atoms with van der Waals surface area (Å²) < 4.78 is 45.0. The van der Waals surface area contributed by atoms with Gasteiger partial charge >= 0.3 is 6.18 Å². The molecule has 0 aliphatic carbocycles. The monoisotopic (exact) mass is 406 g/mol. The number of hydrogen-bond donors (Lipinski definition) is 0. The third kappa shape index (κ3) is 3.94. The van der Waals surface area contributed by atoms with Crippen molar-refractivity contribution in [2.45, 2.75) is 26.6 Å². The number of halogens is 4. The second-order valence-corrected chi connectivity index (χ2v) is 6.42. The van der Waals surface area contributed by atoms with Crippen molar-refractivity contribution in [3.63, 3.8) is 0 Å². The lowest BCUT2D eigenvalue weighted by molar-refractivity contribution is -0.137. The molecule has 0 saturated carbocycles. The summed E-state index contributed by atoms with van der Waals surface area (Å²) in [5, 5.41) is 13.8. The lowest BCUT2D eigenvalue weighted by atomic mass is 10.2. The van der Waals surface area contributed by atoms with E-state index in [4.69, 9.17) is 21.6 Å². The normalized spacial score (nSPS) is 11.3. The summed E-state index contributed by atoms with van der Waals surface area (Å²) in [6.45, 7) is 3.73. The molecule has 0 aliphatic heterocycles. The van der Waals surface area contributed by atoms with Crippen molar-refractivity contribution < 1.29 is 17.9 Å². The highest BCUT2D eigenvalue weighted by Crippen LogP contribution is 2.29. The average Bonchev–Trinajstić information content (AvgIpc) is 2.93. The van der Waals surface area contributed by atoms with Gasteiger partial charge in [0.15, 0.2) is 0 Å². The lowest BCUT2D eigenvalue weighted by Gasteiger charge is -2.09. The molecule has 5 nitrogen and oxygen atoms in total. The van der Waals surface area contributed by atoms with E-state index in [1.54, 1.807) is 29.8 Å².